The Morgan fingerprint density at radius 3 is 2.93 bits per heavy atom. The van der Waals surface area contributed by atoms with Crippen LogP contribution in [-0.4, -0.2) is 52.5 Å². The fourth-order valence-corrected chi connectivity index (χ4v) is 6.88. The Labute approximate surface area is 164 Å². The molecular formula is C22H26N2O4. The van der Waals surface area contributed by atoms with Crippen molar-refractivity contribution in [2.45, 2.75) is 68.5 Å². The molecular weight excluding hydrogens is 356 g/mol. The van der Waals surface area contributed by atoms with Gasteiger partial charge in [0.2, 0.25) is 5.91 Å². The number of ketones is 1. The number of nitrogens with zero attached hydrogens (tertiary/aromatic N) is 1. The molecule has 1 saturated heterocycles. The van der Waals surface area contributed by atoms with Crippen molar-refractivity contribution in [1.29, 1.82) is 0 Å². The van der Waals surface area contributed by atoms with Crippen LogP contribution in [0.25, 0.3) is 0 Å². The van der Waals surface area contributed by atoms with Gasteiger partial charge in [-0.1, -0.05) is 6.07 Å². The SMILES string of the molecule is CC(=O)N[C@@]12CCC(=O)[C@@H]3Oc4c(O)ccc5c4[C@]31CCN(CC1CC1)[C@@H]2C5. The number of aromatic hydroxyl groups is 1. The van der Waals surface area contributed by atoms with Crippen LogP contribution in [0.5, 0.6) is 11.5 Å². The van der Waals surface area contributed by atoms with E-state index in [4.69, 9.17) is 4.74 Å². The molecule has 28 heavy (non-hydrogen) atoms. The quantitative estimate of drug-likeness (QED) is 0.831. The number of phenols is 1. The summed E-state index contributed by atoms with van der Waals surface area (Å²) in [6.45, 7) is 3.55. The topological polar surface area (TPSA) is 78.9 Å². The number of carbonyl (C=O) groups excluding carboxylic acids is 2. The zero-order valence-corrected chi connectivity index (χ0v) is 16.2. The number of piperidine rings is 1. The van der Waals surface area contributed by atoms with E-state index in [1.807, 2.05) is 6.07 Å². The van der Waals surface area contributed by atoms with Gasteiger partial charge in [0.05, 0.1) is 11.0 Å². The normalized spacial score (nSPS) is 38.0. The number of Topliss-reactive ketones (excluding diaryl/α,β-unsaturated/α-hetero) is 1. The Morgan fingerprint density at radius 1 is 1.36 bits per heavy atom. The van der Waals surface area contributed by atoms with E-state index in [1.165, 1.54) is 12.8 Å². The van der Waals surface area contributed by atoms with Crippen molar-refractivity contribution in [3.8, 4) is 11.5 Å². The highest BCUT2D eigenvalue weighted by Crippen LogP contribution is 2.64. The van der Waals surface area contributed by atoms with Crippen LogP contribution in [0.2, 0.25) is 0 Å². The number of nitrogens with one attached hydrogen (secondary N) is 1. The number of carbonyl (C=O) groups is 2. The highest BCUT2D eigenvalue weighted by molar-refractivity contribution is 5.91. The molecule has 1 aromatic carbocycles. The minimum atomic E-state index is -0.610. The van der Waals surface area contributed by atoms with E-state index in [-0.39, 0.29) is 23.5 Å². The summed E-state index contributed by atoms with van der Waals surface area (Å²) >= 11 is 0. The number of hydrogen-bond acceptors (Lipinski definition) is 5. The van der Waals surface area contributed by atoms with E-state index in [0.29, 0.717) is 18.6 Å². The first-order chi connectivity index (χ1) is 13.5. The Balaban J connectivity index is 1.60. The first-order valence-electron chi connectivity index (χ1n) is 10.5. The molecule has 5 aliphatic rings. The third kappa shape index (κ3) is 1.87. The Hall–Kier alpha value is -2.08. The lowest BCUT2D eigenvalue weighted by Crippen LogP contribution is -2.81. The first kappa shape index (κ1) is 16.8. The maximum atomic E-state index is 13.0. The number of ether oxygens (including phenoxy) is 1. The molecule has 1 spiro atoms. The number of hydrogen-bond donors (Lipinski definition) is 2. The maximum Gasteiger partial charge on any atom is 0.217 e. The van der Waals surface area contributed by atoms with Gasteiger partial charge in [0.25, 0.3) is 0 Å². The second kappa shape index (κ2) is 5.29. The highest BCUT2D eigenvalue weighted by atomic mass is 16.5. The van der Waals surface area contributed by atoms with Crippen LogP contribution in [0.4, 0.5) is 0 Å². The molecule has 148 valence electrons. The number of likely N-dealkylation sites (tertiary alicyclic amines) is 1. The van der Waals surface area contributed by atoms with E-state index >= 15 is 0 Å². The van der Waals surface area contributed by atoms with Crippen LogP contribution in [0.15, 0.2) is 12.1 Å². The van der Waals surface area contributed by atoms with E-state index < -0.39 is 17.1 Å². The van der Waals surface area contributed by atoms with Gasteiger partial charge in [0.1, 0.15) is 0 Å². The molecule has 0 unspecified atom stereocenters. The Bertz CT molecular complexity index is 910. The van der Waals surface area contributed by atoms with Crippen molar-refractivity contribution < 1.29 is 19.4 Å². The summed E-state index contributed by atoms with van der Waals surface area (Å²) in [5.74, 6) is 1.38. The molecule has 1 aromatic rings. The lowest BCUT2D eigenvalue weighted by Gasteiger charge is -2.65. The third-order valence-electron chi connectivity index (χ3n) is 8.01. The number of amides is 1. The van der Waals surface area contributed by atoms with Gasteiger partial charge in [-0.3, -0.25) is 14.5 Å². The van der Waals surface area contributed by atoms with Crippen molar-refractivity contribution in [2.24, 2.45) is 5.92 Å². The monoisotopic (exact) mass is 382 g/mol. The largest absolute Gasteiger partial charge is 0.504 e. The summed E-state index contributed by atoms with van der Waals surface area (Å²) in [6, 6.07) is 3.85. The molecule has 3 fully saturated rings. The van der Waals surface area contributed by atoms with Crippen LogP contribution in [0.1, 0.15) is 50.2 Å². The van der Waals surface area contributed by atoms with E-state index in [9.17, 15) is 14.7 Å². The van der Waals surface area contributed by atoms with Crippen LogP contribution >= 0.6 is 0 Å². The molecule has 2 heterocycles. The van der Waals surface area contributed by atoms with Crippen molar-refractivity contribution in [2.75, 3.05) is 13.1 Å². The highest BCUT2D eigenvalue weighted by Gasteiger charge is 2.73. The number of rotatable bonds is 3. The zero-order chi connectivity index (χ0) is 19.3. The van der Waals surface area contributed by atoms with Crippen LogP contribution in [0, 0.1) is 5.92 Å². The standard InChI is InChI=1S/C22H26N2O4/c1-12(25)23-22-7-6-16(27)20-21(22)8-9-24(11-13-2-3-13)17(22)10-14-4-5-15(26)19(28-20)18(14)21/h4-5,13,17,20,26H,2-3,6-11H2,1H3,(H,23,25)/t17-,20+,21-,22-/m1/s1. The molecule has 3 aliphatic carbocycles. The fraction of sp³-hybridized carbons (Fsp3) is 0.636. The molecule has 2 aliphatic heterocycles. The average molecular weight is 382 g/mol. The molecule has 6 nitrogen and oxygen atoms in total. The van der Waals surface area contributed by atoms with Crippen molar-refractivity contribution in [1.82, 2.24) is 10.2 Å². The molecule has 4 atom stereocenters. The van der Waals surface area contributed by atoms with Gasteiger partial charge in [0, 0.05) is 31.5 Å². The van der Waals surface area contributed by atoms with Crippen LogP contribution < -0.4 is 10.1 Å². The molecule has 1 amide bonds. The van der Waals surface area contributed by atoms with E-state index in [0.717, 1.165) is 43.0 Å². The first-order valence-corrected chi connectivity index (χ1v) is 10.5. The van der Waals surface area contributed by atoms with Crippen molar-refractivity contribution >= 4 is 11.7 Å². The predicted molar refractivity (Wildman–Crippen MR) is 101 cm³/mol. The second-order valence-electron chi connectivity index (χ2n) is 9.44. The van der Waals surface area contributed by atoms with Crippen LogP contribution in [0.3, 0.4) is 0 Å². The average Bonchev–Trinajstić information content (AvgIpc) is 3.38. The summed E-state index contributed by atoms with van der Waals surface area (Å²) in [7, 11) is 0. The number of phenolic OH excluding ortho intramolecular Hbond substituents is 1. The van der Waals surface area contributed by atoms with E-state index in [1.54, 1.807) is 13.0 Å². The minimum Gasteiger partial charge on any atom is -0.504 e. The molecule has 6 rings (SSSR count). The number of benzene rings is 1. The van der Waals surface area contributed by atoms with Gasteiger partial charge in [0.15, 0.2) is 23.4 Å². The van der Waals surface area contributed by atoms with Gasteiger partial charge in [-0.15, -0.1) is 0 Å². The molecule has 2 bridgehead atoms. The lowest BCUT2D eigenvalue weighted by molar-refractivity contribution is -0.149. The summed E-state index contributed by atoms with van der Waals surface area (Å²) < 4.78 is 6.19. The Morgan fingerprint density at radius 2 is 2.18 bits per heavy atom. The summed E-state index contributed by atoms with van der Waals surface area (Å²) in [4.78, 5) is 28.0. The van der Waals surface area contributed by atoms with Gasteiger partial charge < -0.3 is 15.2 Å². The summed E-state index contributed by atoms with van der Waals surface area (Å²) in [5, 5.41) is 13.9. The predicted octanol–water partition coefficient (Wildman–Crippen LogP) is 1.67. The zero-order valence-electron chi connectivity index (χ0n) is 16.2. The van der Waals surface area contributed by atoms with Crippen molar-refractivity contribution in [3.63, 3.8) is 0 Å². The van der Waals surface area contributed by atoms with Gasteiger partial charge in [-0.25, -0.2) is 0 Å². The Kier molecular flexibility index (Phi) is 3.18. The van der Waals surface area contributed by atoms with Gasteiger partial charge in [-0.05, 0) is 56.2 Å². The minimum absolute atomic E-state index is 0.0530. The van der Waals surface area contributed by atoms with Gasteiger partial charge in [-0.2, -0.15) is 0 Å². The smallest absolute Gasteiger partial charge is 0.217 e. The summed E-state index contributed by atoms with van der Waals surface area (Å²) in [6.07, 6.45) is 4.62. The van der Waals surface area contributed by atoms with Crippen LogP contribution in [-0.2, 0) is 21.4 Å². The van der Waals surface area contributed by atoms with E-state index in [2.05, 4.69) is 10.2 Å². The van der Waals surface area contributed by atoms with Gasteiger partial charge >= 0.3 is 0 Å². The fourth-order valence-electron chi connectivity index (χ4n) is 6.88. The lowest BCUT2D eigenvalue weighted by atomic mass is 9.47. The third-order valence-corrected chi connectivity index (χ3v) is 8.01. The molecule has 2 saturated carbocycles. The molecule has 6 heteroatoms. The maximum absolute atomic E-state index is 13.0. The molecule has 0 aromatic heterocycles. The molecule has 0 radical (unpaired) electrons. The van der Waals surface area contributed by atoms with Crippen molar-refractivity contribution in [3.05, 3.63) is 23.3 Å². The second-order valence-corrected chi connectivity index (χ2v) is 9.44. The summed E-state index contributed by atoms with van der Waals surface area (Å²) in [5.41, 5.74) is 1.06. The molecule has 2 N–H and O–H groups in total.